The second-order valence-electron chi connectivity index (χ2n) is 10.8. The minimum atomic E-state index is -1.85. The van der Waals surface area contributed by atoms with Gasteiger partial charge in [-0.2, -0.15) is 0 Å². The molecule has 1 heterocycles. The Hall–Kier alpha value is -1.14. The van der Waals surface area contributed by atoms with Gasteiger partial charge in [-0.15, -0.1) is 0 Å². The Balaban J connectivity index is 1.77. The van der Waals surface area contributed by atoms with E-state index in [-0.39, 0.29) is 28.8 Å². The molecule has 0 radical (unpaired) electrons. The molecule has 0 amide bonds. The molecular formula is C25H40O4Si. The lowest BCUT2D eigenvalue weighted by molar-refractivity contribution is -0.0741. The van der Waals surface area contributed by atoms with Crippen molar-refractivity contribution < 1.29 is 18.6 Å². The average molecular weight is 433 g/mol. The van der Waals surface area contributed by atoms with Crippen LogP contribution < -0.4 is 4.74 Å². The summed E-state index contributed by atoms with van der Waals surface area (Å²) < 4.78 is 24.7. The molecule has 2 fully saturated rings. The lowest BCUT2D eigenvalue weighted by Crippen LogP contribution is -2.51. The molecule has 5 heteroatoms. The molecule has 0 N–H and O–H groups in total. The molecule has 0 spiro atoms. The quantitative estimate of drug-likeness (QED) is 0.288. The van der Waals surface area contributed by atoms with Crippen molar-refractivity contribution in [2.75, 3.05) is 13.7 Å². The van der Waals surface area contributed by atoms with Crippen molar-refractivity contribution in [3.8, 4) is 5.75 Å². The molecule has 30 heavy (non-hydrogen) atoms. The van der Waals surface area contributed by atoms with Crippen LogP contribution in [0, 0.1) is 11.8 Å². The number of fused-ring (bicyclic) bond motifs is 1. The van der Waals surface area contributed by atoms with Crippen LogP contribution >= 0.6 is 0 Å². The number of epoxide rings is 1. The van der Waals surface area contributed by atoms with Crippen molar-refractivity contribution in [2.24, 2.45) is 11.8 Å². The first-order valence-corrected chi connectivity index (χ1v) is 14.0. The van der Waals surface area contributed by atoms with E-state index < -0.39 is 8.32 Å². The summed E-state index contributed by atoms with van der Waals surface area (Å²) in [4.78, 5) is 0. The van der Waals surface area contributed by atoms with Crippen molar-refractivity contribution in [3.63, 3.8) is 0 Å². The van der Waals surface area contributed by atoms with E-state index in [2.05, 4.69) is 66.4 Å². The van der Waals surface area contributed by atoms with Gasteiger partial charge >= 0.3 is 0 Å². The Morgan fingerprint density at radius 2 is 1.87 bits per heavy atom. The summed E-state index contributed by atoms with van der Waals surface area (Å²) in [6.07, 6.45) is 1.26. The van der Waals surface area contributed by atoms with Gasteiger partial charge in [0.1, 0.15) is 11.4 Å². The van der Waals surface area contributed by atoms with E-state index in [1.807, 2.05) is 12.1 Å². The molecule has 4 nitrogen and oxygen atoms in total. The van der Waals surface area contributed by atoms with Gasteiger partial charge in [-0.1, -0.05) is 45.1 Å². The van der Waals surface area contributed by atoms with Gasteiger partial charge < -0.3 is 18.6 Å². The zero-order valence-corrected chi connectivity index (χ0v) is 21.1. The highest BCUT2D eigenvalue weighted by Gasteiger charge is 2.65. The summed E-state index contributed by atoms with van der Waals surface area (Å²) in [5.41, 5.74) is 2.12. The molecule has 0 bridgehead atoms. The molecule has 3 rings (SSSR count). The van der Waals surface area contributed by atoms with Gasteiger partial charge in [0.05, 0.1) is 25.9 Å². The van der Waals surface area contributed by atoms with E-state index in [1.54, 1.807) is 7.11 Å². The van der Waals surface area contributed by atoms with Crippen LogP contribution in [0.4, 0.5) is 0 Å². The Kier molecular flexibility index (Phi) is 6.60. The molecule has 1 aromatic rings. The maximum atomic E-state index is 6.68. The maximum absolute atomic E-state index is 6.68. The topological polar surface area (TPSA) is 40.2 Å². The van der Waals surface area contributed by atoms with Gasteiger partial charge in [0, 0.05) is 12.5 Å². The Morgan fingerprint density at radius 3 is 2.40 bits per heavy atom. The van der Waals surface area contributed by atoms with Crippen molar-refractivity contribution >= 4 is 8.32 Å². The summed E-state index contributed by atoms with van der Waals surface area (Å²) >= 11 is 0. The van der Waals surface area contributed by atoms with Crippen LogP contribution in [0.1, 0.15) is 46.6 Å². The number of ether oxygens (including phenoxy) is 3. The number of hydrogen-bond acceptors (Lipinski definition) is 4. The van der Waals surface area contributed by atoms with Gasteiger partial charge in [0.2, 0.25) is 0 Å². The number of rotatable bonds is 8. The van der Waals surface area contributed by atoms with Gasteiger partial charge in [0.15, 0.2) is 8.32 Å². The molecule has 1 saturated heterocycles. The Bertz CT molecular complexity index is 751. The molecule has 0 unspecified atom stereocenters. The fourth-order valence-corrected chi connectivity index (χ4v) is 5.38. The number of hydrogen-bond donors (Lipinski definition) is 0. The van der Waals surface area contributed by atoms with E-state index >= 15 is 0 Å². The van der Waals surface area contributed by atoms with Gasteiger partial charge in [-0.3, -0.25) is 0 Å². The lowest BCUT2D eigenvalue weighted by atomic mass is 9.70. The first kappa shape index (κ1) is 23.5. The third-order valence-corrected chi connectivity index (χ3v) is 12.1. The van der Waals surface area contributed by atoms with E-state index in [9.17, 15) is 0 Å². The van der Waals surface area contributed by atoms with E-state index in [0.717, 1.165) is 17.7 Å². The lowest BCUT2D eigenvalue weighted by Gasteiger charge is -2.43. The molecule has 5 atom stereocenters. The van der Waals surface area contributed by atoms with Crippen LogP contribution in [0.3, 0.4) is 0 Å². The third-order valence-electron chi connectivity index (χ3n) is 7.58. The molecule has 2 aliphatic rings. The molecule has 1 aliphatic heterocycles. The first-order chi connectivity index (χ1) is 13.9. The molecule has 1 aliphatic carbocycles. The zero-order valence-electron chi connectivity index (χ0n) is 20.1. The van der Waals surface area contributed by atoms with Gasteiger partial charge in [-0.25, -0.2) is 0 Å². The van der Waals surface area contributed by atoms with E-state index in [4.69, 9.17) is 18.6 Å². The van der Waals surface area contributed by atoms with Crippen LogP contribution in [0.5, 0.6) is 5.75 Å². The standard InChI is InChI=1S/C25H40O4Si/c1-17(2)20-14-22-25(6,29-22)23(21(20)16-28-30(8,9)24(3,4)5)27-15-18-10-12-19(26-7)13-11-18/h10-13,20-23H,1,14-16H2,2-9H3/t20-,21-,22+,23-,25+/m0/s1. The fourth-order valence-electron chi connectivity index (χ4n) is 4.33. The monoisotopic (exact) mass is 432 g/mol. The van der Waals surface area contributed by atoms with Crippen molar-refractivity contribution in [1.29, 1.82) is 0 Å². The second-order valence-corrected chi connectivity index (χ2v) is 15.6. The Labute approximate surface area is 184 Å². The van der Waals surface area contributed by atoms with Crippen LogP contribution in [-0.4, -0.2) is 39.8 Å². The largest absolute Gasteiger partial charge is 0.497 e. The van der Waals surface area contributed by atoms with Crippen molar-refractivity contribution in [2.45, 2.75) is 83.6 Å². The molecular weight excluding hydrogens is 392 g/mol. The van der Waals surface area contributed by atoms with E-state index in [1.165, 1.54) is 5.57 Å². The van der Waals surface area contributed by atoms with Crippen LogP contribution in [0.15, 0.2) is 36.4 Å². The maximum Gasteiger partial charge on any atom is 0.191 e. The number of benzene rings is 1. The smallest absolute Gasteiger partial charge is 0.191 e. The summed E-state index contributed by atoms with van der Waals surface area (Å²) in [5, 5.41) is 0.183. The molecule has 1 saturated carbocycles. The van der Waals surface area contributed by atoms with Crippen LogP contribution in [-0.2, 0) is 20.5 Å². The fraction of sp³-hybridized carbons (Fsp3) is 0.680. The third kappa shape index (κ3) is 4.69. The summed E-state index contributed by atoms with van der Waals surface area (Å²) in [6.45, 7) is 21.4. The number of methoxy groups -OCH3 is 1. The highest BCUT2D eigenvalue weighted by Crippen LogP contribution is 2.55. The molecule has 1 aromatic carbocycles. The predicted molar refractivity (Wildman–Crippen MR) is 124 cm³/mol. The Morgan fingerprint density at radius 1 is 1.23 bits per heavy atom. The van der Waals surface area contributed by atoms with Crippen molar-refractivity contribution in [3.05, 3.63) is 42.0 Å². The van der Waals surface area contributed by atoms with Crippen molar-refractivity contribution in [1.82, 2.24) is 0 Å². The summed E-state index contributed by atoms with van der Waals surface area (Å²) in [6, 6.07) is 8.08. The summed E-state index contributed by atoms with van der Waals surface area (Å²) in [5.74, 6) is 1.46. The number of allylic oxidation sites excluding steroid dienone is 1. The first-order valence-electron chi connectivity index (χ1n) is 11.1. The van der Waals surface area contributed by atoms with Crippen LogP contribution in [0.2, 0.25) is 18.1 Å². The van der Waals surface area contributed by atoms with E-state index in [0.29, 0.717) is 19.1 Å². The summed E-state index contributed by atoms with van der Waals surface area (Å²) in [7, 11) is -0.169. The SMILES string of the molecule is C=C(C)[C@@H]1C[C@H]2O[C@@]2(C)[C@@H](OCc2ccc(OC)cc2)[C@H]1CO[Si](C)(C)C(C)(C)C. The van der Waals surface area contributed by atoms with Crippen LogP contribution in [0.25, 0.3) is 0 Å². The molecule has 0 aromatic heterocycles. The minimum Gasteiger partial charge on any atom is -0.497 e. The normalized spacial score (nSPS) is 31.2. The second kappa shape index (κ2) is 8.42. The van der Waals surface area contributed by atoms with Gasteiger partial charge in [-0.05, 0) is 62.0 Å². The average Bonchev–Trinajstić information content (AvgIpc) is 3.34. The highest BCUT2D eigenvalue weighted by molar-refractivity contribution is 6.74. The molecule has 168 valence electrons. The zero-order chi connectivity index (χ0) is 22.3. The van der Waals surface area contributed by atoms with Gasteiger partial charge in [0.25, 0.3) is 0 Å². The predicted octanol–water partition coefficient (Wildman–Crippen LogP) is 5.97. The minimum absolute atomic E-state index is 0.00943. The highest BCUT2D eigenvalue weighted by atomic mass is 28.4.